The van der Waals surface area contributed by atoms with Gasteiger partial charge in [0.15, 0.2) is 0 Å². The number of hydrogen-bond donors (Lipinski definition) is 2. The number of benzene rings is 1. The first-order valence-corrected chi connectivity index (χ1v) is 8.34. The van der Waals surface area contributed by atoms with Crippen molar-refractivity contribution in [1.29, 1.82) is 0 Å². The number of carbonyl (C=O) groups excluding carboxylic acids is 1. The lowest BCUT2D eigenvalue weighted by Gasteiger charge is -2.34. The van der Waals surface area contributed by atoms with Crippen molar-refractivity contribution in [2.45, 2.75) is 45.2 Å². The number of nitrogens with one attached hydrogen (secondary N) is 2. The number of rotatable bonds is 5. The average Bonchev–Trinajstić information content (AvgIpc) is 2.53. The summed E-state index contributed by atoms with van der Waals surface area (Å²) in [6.45, 7) is 6.61. The van der Waals surface area contributed by atoms with Gasteiger partial charge in [-0.2, -0.15) is 13.2 Å². The molecule has 1 amide bonds. The van der Waals surface area contributed by atoms with Crippen LogP contribution in [0.4, 0.5) is 13.2 Å². The molecule has 0 saturated carbocycles. The summed E-state index contributed by atoms with van der Waals surface area (Å²) in [6.07, 6.45) is -1.99. The van der Waals surface area contributed by atoms with E-state index in [-0.39, 0.29) is 36.1 Å². The van der Waals surface area contributed by atoms with Crippen molar-refractivity contribution in [3.8, 4) is 0 Å². The zero-order valence-electron chi connectivity index (χ0n) is 14.6. The first-order valence-electron chi connectivity index (χ1n) is 8.34. The first kappa shape index (κ1) is 21.8. The summed E-state index contributed by atoms with van der Waals surface area (Å²) in [4.78, 5) is 12.1. The van der Waals surface area contributed by atoms with Crippen LogP contribution in [0.3, 0.4) is 0 Å². The molecule has 1 saturated heterocycles. The Morgan fingerprint density at radius 1 is 1.24 bits per heavy atom. The van der Waals surface area contributed by atoms with Crippen molar-refractivity contribution in [3.05, 3.63) is 35.4 Å². The van der Waals surface area contributed by atoms with Gasteiger partial charge in [0.05, 0.1) is 5.56 Å². The molecule has 1 aliphatic rings. The third-order valence-corrected chi connectivity index (χ3v) is 4.82. The molecular weight excluding hydrogens is 353 g/mol. The maximum absolute atomic E-state index is 12.6. The fourth-order valence-electron chi connectivity index (χ4n) is 2.99. The van der Waals surface area contributed by atoms with Gasteiger partial charge in [0, 0.05) is 13.0 Å². The van der Waals surface area contributed by atoms with Crippen molar-refractivity contribution in [3.63, 3.8) is 0 Å². The van der Waals surface area contributed by atoms with Crippen LogP contribution in [0.2, 0.25) is 0 Å². The molecule has 2 N–H and O–H groups in total. The molecule has 1 aliphatic heterocycles. The SMILES string of the molecule is CC(CC(=O)NCC1(C)CCNCC1)c1ccc(C(F)(F)F)cc1.Cl. The van der Waals surface area contributed by atoms with Gasteiger partial charge in [-0.15, -0.1) is 12.4 Å². The van der Waals surface area contributed by atoms with E-state index in [1.165, 1.54) is 12.1 Å². The molecular formula is C18H26ClF3N2O. The summed E-state index contributed by atoms with van der Waals surface area (Å²) < 4.78 is 37.7. The van der Waals surface area contributed by atoms with Crippen LogP contribution in [-0.4, -0.2) is 25.5 Å². The van der Waals surface area contributed by atoms with Crippen LogP contribution in [-0.2, 0) is 11.0 Å². The Hall–Kier alpha value is -1.27. The highest BCUT2D eigenvalue weighted by atomic mass is 35.5. The maximum atomic E-state index is 12.6. The lowest BCUT2D eigenvalue weighted by molar-refractivity contribution is -0.137. The second kappa shape index (κ2) is 8.90. The second-order valence-electron chi connectivity index (χ2n) is 7.06. The summed E-state index contributed by atoms with van der Waals surface area (Å²) in [6, 6.07) is 5.05. The van der Waals surface area contributed by atoms with Crippen molar-refractivity contribution < 1.29 is 18.0 Å². The van der Waals surface area contributed by atoms with E-state index in [0.717, 1.165) is 43.6 Å². The number of alkyl halides is 3. The van der Waals surface area contributed by atoms with Crippen LogP contribution in [0.15, 0.2) is 24.3 Å². The Kier molecular flexibility index (Phi) is 7.75. The average molecular weight is 379 g/mol. The normalized spacial score (nSPS) is 18.1. The van der Waals surface area contributed by atoms with Crippen LogP contribution in [0, 0.1) is 5.41 Å². The molecule has 0 aliphatic carbocycles. The lowest BCUT2D eigenvalue weighted by Crippen LogP contribution is -2.43. The largest absolute Gasteiger partial charge is 0.416 e. The predicted octanol–water partition coefficient (Wildman–Crippen LogP) is 4.13. The van der Waals surface area contributed by atoms with Gasteiger partial charge in [-0.05, 0) is 55.0 Å². The molecule has 0 bridgehead atoms. The fraction of sp³-hybridized carbons (Fsp3) is 0.611. The number of hydrogen-bond acceptors (Lipinski definition) is 2. The molecule has 1 atom stereocenters. The summed E-state index contributed by atoms with van der Waals surface area (Å²) in [5.41, 5.74) is 0.200. The molecule has 25 heavy (non-hydrogen) atoms. The van der Waals surface area contributed by atoms with Crippen LogP contribution in [0.25, 0.3) is 0 Å². The van der Waals surface area contributed by atoms with E-state index < -0.39 is 11.7 Å². The smallest absolute Gasteiger partial charge is 0.356 e. The van der Waals surface area contributed by atoms with Crippen LogP contribution < -0.4 is 10.6 Å². The second-order valence-corrected chi connectivity index (χ2v) is 7.06. The Morgan fingerprint density at radius 3 is 2.32 bits per heavy atom. The van der Waals surface area contributed by atoms with Gasteiger partial charge in [-0.1, -0.05) is 26.0 Å². The molecule has 3 nitrogen and oxygen atoms in total. The van der Waals surface area contributed by atoms with E-state index in [1.54, 1.807) is 0 Å². The van der Waals surface area contributed by atoms with E-state index in [2.05, 4.69) is 17.6 Å². The molecule has 0 radical (unpaired) electrons. The van der Waals surface area contributed by atoms with Crippen molar-refractivity contribution >= 4 is 18.3 Å². The Bertz CT molecular complexity index is 554. The molecule has 7 heteroatoms. The summed E-state index contributed by atoms with van der Waals surface area (Å²) in [5.74, 6) is -0.171. The monoisotopic (exact) mass is 378 g/mol. The zero-order valence-corrected chi connectivity index (χ0v) is 15.4. The van der Waals surface area contributed by atoms with Gasteiger partial charge >= 0.3 is 6.18 Å². The van der Waals surface area contributed by atoms with Crippen molar-refractivity contribution in [2.75, 3.05) is 19.6 Å². The summed E-state index contributed by atoms with van der Waals surface area (Å²) in [7, 11) is 0. The number of carbonyl (C=O) groups is 1. The number of piperidine rings is 1. The van der Waals surface area contributed by atoms with E-state index >= 15 is 0 Å². The van der Waals surface area contributed by atoms with Crippen molar-refractivity contribution in [2.24, 2.45) is 5.41 Å². The van der Waals surface area contributed by atoms with Crippen LogP contribution in [0.5, 0.6) is 0 Å². The highest BCUT2D eigenvalue weighted by Gasteiger charge is 2.30. The quantitative estimate of drug-likeness (QED) is 0.809. The van der Waals surface area contributed by atoms with Gasteiger partial charge in [-0.3, -0.25) is 4.79 Å². The molecule has 1 aromatic rings. The molecule has 1 aromatic carbocycles. The van der Waals surface area contributed by atoms with Crippen LogP contribution in [0.1, 0.15) is 50.2 Å². The van der Waals surface area contributed by atoms with Gasteiger partial charge in [-0.25, -0.2) is 0 Å². The zero-order chi connectivity index (χ0) is 17.8. The predicted molar refractivity (Wildman–Crippen MR) is 94.9 cm³/mol. The van der Waals surface area contributed by atoms with Gasteiger partial charge in [0.2, 0.25) is 5.91 Å². The molecule has 0 aromatic heterocycles. The molecule has 0 spiro atoms. The fourth-order valence-corrected chi connectivity index (χ4v) is 2.99. The minimum Gasteiger partial charge on any atom is -0.356 e. The van der Waals surface area contributed by atoms with Crippen molar-refractivity contribution in [1.82, 2.24) is 10.6 Å². The van der Waals surface area contributed by atoms with Gasteiger partial charge < -0.3 is 10.6 Å². The Morgan fingerprint density at radius 2 is 1.80 bits per heavy atom. The molecule has 1 unspecified atom stereocenters. The highest BCUT2D eigenvalue weighted by Crippen LogP contribution is 2.31. The molecule has 1 heterocycles. The minimum absolute atomic E-state index is 0. The summed E-state index contributed by atoms with van der Waals surface area (Å²) in [5, 5.41) is 6.29. The van der Waals surface area contributed by atoms with Gasteiger partial charge in [0.25, 0.3) is 0 Å². The topological polar surface area (TPSA) is 41.1 Å². The molecule has 142 valence electrons. The maximum Gasteiger partial charge on any atom is 0.416 e. The van der Waals surface area contributed by atoms with E-state index in [1.807, 2.05) is 6.92 Å². The lowest BCUT2D eigenvalue weighted by atomic mass is 9.81. The van der Waals surface area contributed by atoms with Crippen LogP contribution >= 0.6 is 12.4 Å². The molecule has 2 rings (SSSR count). The number of halogens is 4. The number of amides is 1. The third-order valence-electron chi connectivity index (χ3n) is 4.82. The third kappa shape index (κ3) is 6.51. The van der Waals surface area contributed by atoms with E-state index in [4.69, 9.17) is 0 Å². The Labute approximate surface area is 153 Å². The summed E-state index contributed by atoms with van der Waals surface area (Å²) >= 11 is 0. The van der Waals surface area contributed by atoms with E-state index in [9.17, 15) is 18.0 Å². The highest BCUT2D eigenvalue weighted by molar-refractivity contribution is 5.85. The van der Waals surface area contributed by atoms with Gasteiger partial charge in [0.1, 0.15) is 0 Å². The standard InChI is InChI=1S/C18H25F3N2O.ClH/c1-13(14-3-5-15(6-4-14)18(19,20)21)11-16(24)23-12-17(2)7-9-22-10-8-17;/h3-6,13,22H,7-12H2,1-2H3,(H,23,24);1H. The minimum atomic E-state index is -4.33. The first-order chi connectivity index (χ1) is 11.2. The Balaban J connectivity index is 0.00000312. The van der Waals surface area contributed by atoms with E-state index in [0.29, 0.717) is 6.54 Å². The molecule has 1 fully saturated rings.